The second-order valence-corrected chi connectivity index (χ2v) is 6.62. The third kappa shape index (κ3) is 3.96. The van der Waals surface area contributed by atoms with E-state index in [0.717, 1.165) is 5.56 Å². The van der Waals surface area contributed by atoms with Gasteiger partial charge >= 0.3 is 0 Å². The van der Waals surface area contributed by atoms with Crippen molar-refractivity contribution in [3.8, 4) is 11.5 Å². The van der Waals surface area contributed by atoms with Crippen molar-refractivity contribution >= 4 is 17.5 Å². The smallest absolute Gasteiger partial charge is 0.251 e. The van der Waals surface area contributed by atoms with E-state index in [1.807, 2.05) is 32.9 Å². The van der Waals surface area contributed by atoms with Crippen LogP contribution in [0.3, 0.4) is 0 Å². The Morgan fingerprint density at radius 1 is 1.04 bits per heavy atom. The van der Waals surface area contributed by atoms with Gasteiger partial charge in [-0.1, -0.05) is 31.5 Å². The lowest BCUT2D eigenvalue weighted by Gasteiger charge is -2.22. The summed E-state index contributed by atoms with van der Waals surface area (Å²) in [6, 6.07) is 11.8. The van der Waals surface area contributed by atoms with E-state index in [-0.39, 0.29) is 24.5 Å². The summed E-state index contributed by atoms with van der Waals surface area (Å²) in [5.41, 5.74) is 2.12. The van der Waals surface area contributed by atoms with Crippen molar-refractivity contribution < 1.29 is 19.1 Å². The largest absolute Gasteiger partial charge is 0.454 e. The van der Waals surface area contributed by atoms with Crippen LogP contribution in [-0.4, -0.2) is 24.6 Å². The van der Waals surface area contributed by atoms with Gasteiger partial charge < -0.3 is 20.1 Å². The lowest BCUT2D eigenvalue weighted by molar-refractivity contribution is -0.118. The van der Waals surface area contributed by atoms with Gasteiger partial charge in [0.2, 0.25) is 12.7 Å². The molecule has 0 aromatic heterocycles. The molecule has 0 saturated heterocycles. The Kier molecular flexibility index (Phi) is 5.11. The van der Waals surface area contributed by atoms with E-state index in [0.29, 0.717) is 22.7 Å². The zero-order valence-corrected chi connectivity index (χ0v) is 15.0. The van der Waals surface area contributed by atoms with Gasteiger partial charge in [0.15, 0.2) is 11.5 Å². The summed E-state index contributed by atoms with van der Waals surface area (Å²) in [5.74, 6) is 0.620. The van der Waals surface area contributed by atoms with Crippen molar-refractivity contribution in [3.63, 3.8) is 0 Å². The molecule has 6 heteroatoms. The maximum absolute atomic E-state index is 12.7. The molecule has 3 rings (SSSR count). The van der Waals surface area contributed by atoms with Crippen molar-refractivity contribution in [1.82, 2.24) is 5.32 Å². The second kappa shape index (κ2) is 7.47. The molecule has 2 aromatic rings. The summed E-state index contributed by atoms with van der Waals surface area (Å²) < 4.78 is 10.6. The fourth-order valence-electron chi connectivity index (χ4n) is 2.74. The minimum Gasteiger partial charge on any atom is -0.454 e. The van der Waals surface area contributed by atoms with Crippen LogP contribution in [0.4, 0.5) is 5.69 Å². The number of anilines is 1. The molecule has 136 valence electrons. The first kappa shape index (κ1) is 17.8. The highest BCUT2D eigenvalue weighted by atomic mass is 16.7. The van der Waals surface area contributed by atoms with Crippen molar-refractivity contribution in [3.05, 3.63) is 53.6 Å². The first-order valence-corrected chi connectivity index (χ1v) is 8.52. The molecular formula is C20H22N2O4. The number of benzene rings is 2. The first-order valence-electron chi connectivity index (χ1n) is 8.52. The minimum atomic E-state index is -0.659. The number of aryl methyl sites for hydroxylation is 1. The maximum atomic E-state index is 12.7. The topological polar surface area (TPSA) is 76.7 Å². The summed E-state index contributed by atoms with van der Waals surface area (Å²) in [7, 11) is 0. The molecule has 0 saturated carbocycles. The van der Waals surface area contributed by atoms with Crippen LogP contribution in [0.25, 0.3) is 0 Å². The zero-order chi connectivity index (χ0) is 18.7. The molecule has 2 aromatic carbocycles. The summed E-state index contributed by atoms with van der Waals surface area (Å²) in [6.45, 7) is 5.87. The van der Waals surface area contributed by atoms with Crippen molar-refractivity contribution in [2.45, 2.75) is 26.8 Å². The predicted octanol–water partition coefficient (Wildman–Crippen LogP) is 3.12. The SMILES string of the molecule is Cc1cccc(C(=O)N[C@@H](C(=O)Nc2ccc3c(c2)OCO3)C(C)C)c1. The van der Waals surface area contributed by atoms with Crippen LogP contribution < -0.4 is 20.1 Å². The second-order valence-electron chi connectivity index (χ2n) is 6.62. The lowest BCUT2D eigenvalue weighted by atomic mass is 10.0. The van der Waals surface area contributed by atoms with E-state index >= 15 is 0 Å². The van der Waals surface area contributed by atoms with Crippen molar-refractivity contribution in [1.29, 1.82) is 0 Å². The van der Waals surface area contributed by atoms with Gasteiger partial charge in [-0.2, -0.15) is 0 Å². The number of amides is 2. The maximum Gasteiger partial charge on any atom is 0.251 e. The van der Waals surface area contributed by atoms with Crippen LogP contribution >= 0.6 is 0 Å². The van der Waals surface area contributed by atoms with Crippen LogP contribution in [0, 0.1) is 12.8 Å². The van der Waals surface area contributed by atoms with Gasteiger partial charge in [0, 0.05) is 17.3 Å². The van der Waals surface area contributed by atoms with Gasteiger partial charge in [-0.25, -0.2) is 0 Å². The van der Waals surface area contributed by atoms with E-state index in [4.69, 9.17) is 9.47 Å². The number of hydrogen-bond acceptors (Lipinski definition) is 4. The molecule has 1 heterocycles. The van der Waals surface area contributed by atoms with Gasteiger partial charge in [0.25, 0.3) is 5.91 Å². The Balaban J connectivity index is 1.71. The molecule has 2 amide bonds. The number of carbonyl (C=O) groups excluding carboxylic acids is 2. The number of fused-ring (bicyclic) bond motifs is 1. The van der Waals surface area contributed by atoms with E-state index in [2.05, 4.69) is 10.6 Å². The highest BCUT2D eigenvalue weighted by Gasteiger charge is 2.25. The Bertz CT molecular complexity index is 832. The standard InChI is InChI=1S/C20H22N2O4/c1-12(2)18(22-19(23)14-6-4-5-13(3)9-14)20(24)21-15-7-8-16-17(10-15)26-11-25-16/h4-10,12,18H,11H2,1-3H3,(H,21,24)(H,22,23)/t18-/m1/s1. The van der Waals surface area contributed by atoms with Crippen LogP contribution in [0.15, 0.2) is 42.5 Å². The van der Waals surface area contributed by atoms with Crippen LogP contribution in [0.1, 0.15) is 29.8 Å². The van der Waals surface area contributed by atoms with E-state index in [1.54, 1.807) is 30.3 Å². The molecule has 0 unspecified atom stereocenters. The molecule has 1 aliphatic heterocycles. The van der Waals surface area contributed by atoms with Crippen LogP contribution in [0.2, 0.25) is 0 Å². The summed E-state index contributed by atoms with van der Waals surface area (Å²) in [6.07, 6.45) is 0. The Morgan fingerprint density at radius 3 is 2.54 bits per heavy atom. The third-order valence-corrected chi connectivity index (χ3v) is 4.16. The average Bonchev–Trinajstić information content (AvgIpc) is 3.06. The number of nitrogens with one attached hydrogen (secondary N) is 2. The fourth-order valence-corrected chi connectivity index (χ4v) is 2.74. The minimum absolute atomic E-state index is 0.0715. The van der Waals surface area contributed by atoms with E-state index in [1.165, 1.54) is 0 Å². The summed E-state index contributed by atoms with van der Waals surface area (Å²) in [5, 5.41) is 5.66. The molecule has 26 heavy (non-hydrogen) atoms. The molecular weight excluding hydrogens is 332 g/mol. The number of carbonyl (C=O) groups is 2. The van der Waals surface area contributed by atoms with Crippen LogP contribution in [0.5, 0.6) is 11.5 Å². The number of hydrogen-bond donors (Lipinski definition) is 2. The van der Waals surface area contributed by atoms with Gasteiger partial charge in [-0.15, -0.1) is 0 Å². The molecule has 0 fully saturated rings. The molecule has 0 spiro atoms. The first-order chi connectivity index (χ1) is 12.4. The molecule has 1 atom stereocenters. The van der Waals surface area contributed by atoms with Gasteiger partial charge in [-0.3, -0.25) is 9.59 Å². The third-order valence-electron chi connectivity index (χ3n) is 4.16. The van der Waals surface area contributed by atoms with Crippen molar-refractivity contribution in [2.24, 2.45) is 5.92 Å². The number of rotatable bonds is 5. The molecule has 2 N–H and O–H groups in total. The molecule has 0 bridgehead atoms. The highest BCUT2D eigenvalue weighted by Crippen LogP contribution is 2.34. The molecule has 0 radical (unpaired) electrons. The summed E-state index contributed by atoms with van der Waals surface area (Å²) >= 11 is 0. The van der Waals surface area contributed by atoms with Crippen molar-refractivity contribution in [2.75, 3.05) is 12.1 Å². The number of ether oxygens (including phenoxy) is 2. The monoisotopic (exact) mass is 354 g/mol. The normalized spacial score (nSPS) is 13.4. The van der Waals surface area contributed by atoms with Gasteiger partial charge in [-0.05, 0) is 37.1 Å². The Morgan fingerprint density at radius 2 is 1.81 bits per heavy atom. The Labute approximate surface area is 152 Å². The molecule has 0 aliphatic carbocycles. The average molecular weight is 354 g/mol. The quantitative estimate of drug-likeness (QED) is 0.865. The summed E-state index contributed by atoms with van der Waals surface area (Å²) in [4.78, 5) is 25.2. The lowest BCUT2D eigenvalue weighted by Crippen LogP contribution is -2.47. The molecule has 1 aliphatic rings. The van der Waals surface area contributed by atoms with Crippen LogP contribution in [-0.2, 0) is 4.79 Å². The molecule has 6 nitrogen and oxygen atoms in total. The van der Waals surface area contributed by atoms with E-state index in [9.17, 15) is 9.59 Å². The van der Waals surface area contributed by atoms with E-state index < -0.39 is 6.04 Å². The Hall–Kier alpha value is -3.02. The fraction of sp³-hybridized carbons (Fsp3) is 0.300. The predicted molar refractivity (Wildman–Crippen MR) is 98.5 cm³/mol. The van der Waals surface area contributed by atoms with Gasteiger partial charge in [0.1, 0.15) is 6.04 Å². The zero-order valence-electron chi connectivity index (χ0n) is 15.0. The highest BCUT2D eigenvalue weighted by molar-refractivity contribution is 6.01. The van der Waals surface area contributed by atoms with Gasteiger partial charge in [0.05, 0.1) is 0 Å².